The molecule has 9 nitrogen and oxygen atoms in total. The summed E-state index contributed by atoms with van der Waals surface area (Å²) in [6.07, 6.45) is 0.360. The maximum absolute atomic E-state index is 14.9. The highest BCUT2D eigenvalue weighted by atomic mass is 19.1. The number of cyclic esters (lactones) is 1. The number of hydrogen-bond acceptors (Lipinski definition) is 7. The molecule has 1 amide bonds. The molecule has 11 heteroatoms. The number of halogens is 2. The lowest BCUT2D eigenvalue weighted by Gasteiger charge is -2.24. The molecule has 2 aliphatic rings. The van der Waals surface area contributed by atoms with E-state index in [0.29, 0.717) is 35.2 Å². The molecular formula is C23H23F2N5O4. The summed E-state index contributed by atoms with van der Waals surface area (Å²) in [5.41, 5.74) is 12.5. The van der Waals surface area contributed by atoms with E-state index < -0.39 is 23.8 Å². The van der Waals surface area contributed by atoms with Crippen LogP contribution in [0.4, 0.5) is 25.1 Å². The van der Waals surface area contributed by atoms with Gasteiger partial charge in [-0.1, -0.05) is 12.1 Å². The number of rotatable bonds is 6. The van der Waals surface area contributed by atoms with Gasteiger partial charge in [0.2, 0.25) is 0 Å². The normalized spacial score (nSPS) is 19.6. The first-order valence-electron chi connectivity index (χ1n) is 10.7. The summed E-state index contributed by atoms with van der Waals surface area (Å²) >= 11 is 0. The van der Waals surface area contributed by atoms with Gasteiger partial charge in [-0.2, -0.15) is 4.98 Å². The lowest BCUT2D eigenvalue weighted by Crippen LogP contribution is -2.32. The first-order chi connectivity index (χ1) is 16.4. The van der Waals surface area contributed by atoms with Gasteiger partial charge in [0.25, 0.3) is 6.01 Å². The van der Waals surface area contributed by atoms with Gasteiger partial charge in [-0.15, -0.1) is 0 Å². The van der Waals surface area contributed by atoms with Gasteiger partial charge >= 0.3 is 6.09 Å². The molecule has 3 heterocycles. The number of carbonyl (C=O) groups excluding carboxylic acids is 1. The molecule has 2 atom stereocenters. The highest BCUT2D eigenvalue weighted by molar-refractivity contribution is 5.90. The van der Waals surface area contributed by atoms with Crippen molar-refractivity contribution in [1.82, 2.24) is 9.55 Å². The lowest BCUT2D eigenvalue weighted by atomic mass is 10.0. The van der Waals surface area contributed by atoms with Crippen molar-refractivity contribution in [3.8, 4) is 17.1 Å². The van der Waals surface area contributed by atoms with Crippen LogP contribution in [0.2, 0.25) is 0 Å². The van der Waals surface area contributed by atoms with E-state index >= 15 is 0 Å². The number of aromatic nitrogens is 2. The molecule has 1 saturated heterocycles. The predicted molar refractivity (Wildman–Crippen MR) is 119 cm³/mol. The number of benzene rings is 2. The summed E-state index contributed by atoms with van der Waals surface area (Å²) < 4.78 is 47.8. The van der Waals surface area contributed by atoms with Crippen molar-refractivity contribution >= 4 is 17.6 Å². The van der Waals surface area contributed by atoms with Crippen LogP contribution < -0.4 is 21.1 Å². The SMILES string of the molecule is NC[C@H]1CN(c2ccc(-c3ccc(CO[C@@H]4COc5nc(N)cn5C4)c(F)c3)c(F)c2)C(=O)O1. The van der Waals surface area contributed by atoms with E-state index in [4.69, 9.17) is 25.7 Å². The Labute approximate surface area is 193 Å². The van der Waals surface area contributed by atoms with Gasteiger partial charge in [-0.25, -0.2) is 13.6 Å². The van der Waals surface area contributed by atoms with Gasteiger partial charge in [-0.05, 0) is 29.8 Å². The van der Waals surface area contributed by atoms with Crippen LogP contribution in [0.5, 0.6) is 6.01 Å². The van der Waals surface area contributed by atoms with Gasteiger partial charge in [0.1, 0.15) is 36.3 Å². The number of nitrogens with two attached hydrogens (primary N) is 2. The Morgan fingerprint density at radius 1 is 1.15 bits per heavy atom. The summed E-state index contributed by atoms with van der Waals surface area (Å²) in [4.78, 5) is 17.3. The number of anilines is 2. The second-order valence-electron chi connectivity index (χ2n) is 8.17. The second-order valence-corrected chi connectivity index (χ2v) is 8.17. The van der Waals surface area contributed by atoms with E-state index in [0.717, 1.165) is 0 Å². The Kier molecular flexibility index (Phi) is 5.80. The van der Waals surface area contributed by atoms with Gasteiger partial charge in [0, 0.05) is 17.7 Å². The first-order valence-corrected chi connectivity index (χ1v) is 10.7. The van der Waals surface area contributed by atoms with Gasteiger partial charge in [0.15, 0.2) is 0 Å². The molecule has 2 aromatic carbocycles. The molecule has 0 unspecified atom stereocenters. The van der Waals surface area contributed by atoms with Crippen LogP contribution in [-0.4, -0.2) is 47.5 Å². The topological polar surface area (TPSA) is 118 Å². The molecule has 0 bridgehead atoms. The van der Waals surface area contributed by atoms with Crippen molar-refractivity contribution < 1.29 is 27.8 Å². The van der Waals surface area contributed by atoms with E-state index in [9.17, 15) is 13.6 Å². The van der Waals surface area contributed by atoms with Gasteiger partial charge in [0.05, 0.1) is 31.6 Å². The lowest BCUT2D eigenvalue weighted by molar-refractivity contribution is -0.0210. The third-order valence-corrected chi connectivity index (χ3v) is 5.80. The van der Waals surface area contributed by atoms with Gasteiger partial charge < -0.3 is 25.7 Å². The number of imidazole rings is 1. The van der Waals surface area contributed by atoms with Crippen molar-refractivity contribution in [3.63, 3.8) is 0 Å². The van der Waals surface area contributed by atoms with Crippen LogP contribution in [0.25, 0.3) is 11.1 Å². The third-order valence-electron chi connectivity index (χ3n) is 5.80. The van der Waals surface area contributed by atoms with Crippen LogP contribution in [0, 0.1) is 11.6 Å². The molecule has 0 spiro atoms. The van der Waals surface area contributed by atoms with E-state index in [-0.39, 0.29) is 38.0 Å². The van der Waals surface area contributed by atoms with Crippen LogP contribution in [0.3, 0.4) is 0 Å². The summed E-state index contributed by atoms with van der Waals surface area (Å²) in [6, 6.07) is 9.20. The fourth-order valence-corrected chi connectivity index (χ4v) is 4.01. The second kappa shape index (κ2) is 8.92. The summed E-state index contributed by atoms with van der Waals surface area (Å²) in [6.45, 7) is 1.24. The molecule has 5 rings (SSSR count). The Morgan fingerprint density at radius 2 is 2.00 bits per heavy atom. The zero-order chi connectivity index (χ0) is 23.8. The number of carbonyl (C=O) groups is 1. The molecule has 1 aromatic heterocycles. The average Bonchev–Trinajstić information content (AvgIpc) is 3.38. The monoisotopic (exact) mass is 471 g/mol. The predicted octanol–water partition coefficient (Wildman–Crippen LogP) is 2.67. The summed E-state index contributed by atoms with van der Waals surface area (Å²) in [7, 11) is 0. The quantitative estimate of drug-likeness (QED) is 0.568. The minimum Gasteiger partial charge on any atom is -0.462 e. The molecule has 0 radical (unpaired) electrons. The van der Waals surface area contributed by atoms with Crippen molar-refractivity contribution in [3.05, 3.63) is 59.8 Å². The first kappa shape index (κ1) is 22.1. The Hall–Kier alpha value is -3.70. The fourth-order valence-electron chi connectivity index (χ4n) is 4.01. The molecule has 178 valence electrons. The third kappa shape index (κ3) is 4.27. The van der Waals surface area contributed by atoms with Crippen LogP contribution in [0.1, 0.15) is 5.56 Å². The zero-order valence-corrected chi connectivity index (χ0v) is 18.1. The molecule has 0 saturated carbocycles. The highest BCUT2D eigenvalue weighted by Crippen LogP contribution is 2.30. The number of fused-ring (bicyclic) bond motifs is 1. The summed E-state index contributed by atoms with van der Waals surface area (Å²) in [5, 5.41) is 0. The van der Waals surface area contributed by atoms with E-state index in [1.165, 1.54) is 23.1 Å². The molecule has 34 heavy (non-hydrogen) atoms. The number of ether oxygens (including phenoxy) is 3. The van der Waals surface area contributed by atoms with Gasteiger partial charge in [-0.3, -0.25) is 9.47 Å². The minimum absolute atomic E-state index is 0.0282. The molecule has 3 aromatic rings. The largest absolute Gasteiger partial charge is 0.462 e. The Morgan fingerprint density at radius 3 is 2.74 bits per heavy atom. The van der Waals surface area contributed by atoms with Crippen molar-refractivity contribution in [2.75, 3.05) is 30.3 Å². The van der Waals surface area contributed by atoms with E-state index in [1.807, 2.05) is 0 Å². The number of nitrogens with zero attached hydrogens (tertiary/aromatic N) is 3. The summed E-state index contributed by atoms with van der Waals surface area (Å²) in [5.74, 6) is -0.739. The number of amides is 1. The smallest absolute Gasteiger partial charge is 0.414 e. The molecule has 2 aliphatic heterocycles. The van der Waals surface area contributed by atoms with Crippen LogP contribution in [-0.2, 0) is 22.6 Å². The van der Waals surface area contributed by atoms with Crippen molar-refractivity contribution in [2.45, 2.75) is 25.4 Å². The zero-order valence-electron chi connectivity index (χ0n) is 18.1. The van der Waals surface area contributed by atoms with Crippen molar-refractivity contribution in [1.29, 1.82) is 0 Å². The molecule has 4 N–H and O–H groups in total. The fraction of sp³-hybridized carbons (Fsp3) is 0.304. The number of hydrogen-bond donors (Lipinski definition) is 2. The number of nitrogen functional groups attached to an aromatic ring is 1. The van der Waals surface area contributed by atoms with Crippen molar-refractivity contribution in [2.24, 2.45) is 5.73 Å². The minimum atomic E-state index is -0.584. The average molecular weight is 471 g/mol. The Bertz CT molecular complexity index is 1230. The molecule has 0 aliphatic carbocycles. The maximum Gasteiger partial charge on any atom is 0.414 e. The Balaban J connectivity index is 1.26. The molecule has 1 fully saturated rings. The van der Waals surface area contributed by atoms with Crippen LogP contribution >= 0.6 is 0 Å². The molecular weight excluding hydrogens is 448 g/mol. The van der Waals surface area contributed by atoms with E-state index in [1.54, 1.807) is 29.0 Å². The highest BCUT2D eigenvalue weighted by Gasteiger charge is 2.31. The van der Waals surface area contributed by atoms with E-state index in [2.05, 4.69) is 4.98 Å². The maximum atomic E-state index is 14.9. The van der Waals surface area contributed by atoms with Crippen LogP contribution in [0.15, 0.2) is 42.6 Å². The standard InChI is InChI=1S/C23H23F2N5O4/c24-19-5-13(18-4-3-15(6-20(18)25)30-9-16(7-26)34-23(30)31)1-2-14(19)11-32-17-8-29-10-21(27)28-22(29)33-12-17/h1-6,10,16-17H,7-9,11-12,26-27H2/t16-,17-/m0/s1.